The fourth-order valence-corrected chi connectivity index (χ4v) is 3.22. The van der Waals surface area contributed by atoms with Gasteiger partial charge in [0.15, 0.2) is 5.65 Å². The third kappa shape index (κ3) is 2.85. The zero-order valence-electron chi connectivity index (χ0n) is 13.3. The number of fused-ring (bicyclic) bond motifs is 1. The molecule has 0 unspecified atom stereocenters. The quantitative estimate of drug-likeness (QED) is 0.728. The highest BCUT2D eigenvalue weighted by Gasteiger charge is 2.25. The minimum absolute atomic E-state index is 0.0159. The zero-order valence-corrected chi connectivity index (χ0v) is 13.3. The van der Waals surface area contributed by atoms with Crippen molar-refractivity contribution in [3.8, 4) is 0 Å². The molecule has 0 radical (unpaired) electrons. The van der Waals surface area contributed by atoms with Gasteiger partial charge in [-0.1, -0.05) is 6.07 Å². The molecule has 4 heterocycles. The Labute approximate surface area is 140 Å². The average molecular weight is 318 g/mol. The molecule has 1 amide bonds. The van der Waals surface area contributed by atoms with Crippen molar-refractivity contribution in [1.29, 1.82) is 0 Å². The van der Waals surface area contributed by atoms with Crippen LogP contribution < -0.4 is 0 Å². The van der Waals surface area contributed by atoms with E-state index in [2.05, 4.69) is 22.1 Å². The van der Waals surface area contributed by atoms with Gasteiger partial charge >= 0.3 is 0 Å². The predicted molar refractivity (Wildman–Crippen MR) is 91.7 cm³/mol. The van der Waals surface area contributed by atoms with E-state index in [1.165, 1.54) is 0 Å². The van der Waals surface area contributed by atoms with Gasteiger partial charge in [-0.15, -0.1) is 0 Å². The van der Waals surface area contributed by atoms with Crippen LogP contribution in [-0.4, -0.2) is 38.8 Å². The summed E-state index contributed by atoms with van der Waals surface area (Å²) in [6.07, 6.45) is 5.27. The van der Waals surface area contributed by atoms with E-state index in [1.807, 2.05) is 29.2 Å². The predicted octanol–water partition coefficient (Wildman–Crippen LogP) is 3.04. The lowest BCUT2D eigenvalue weighted by Gasteiger charge is -2.31. The van der Waals surface area contributed by atoms with Crippen molar-refractivity contribution in [3.63, 3.8) is 0 Å². The van der Waals surface area contributed by atoms with Crippen molar-refractivity contribution >= 4 is 16.9 Å². The van der Waals surface area contributed by atoms with Crippen molar-refractivity contribution in [3.05, 3.63) is 66.2 Å². The van der Waals surface area contributed by atoms with E-state index in [-0.39, 0.29) is 5.91 Å². The first kappa shape index (κ1) is 14.8. The number of carbonyl (C=O) groups is 1. The molecule has 5 heteroatoms. The van der Waals surface area contributed by atoms with Gasteiger partial charge in [-0.05, 0) is 49.2 Å². The van der Waals surface area contributed by atoms with E-state index in [0.29, 0.717) is 11.6 Å². The number of piperidine rings is 1. The summed E-state index contributed by atoms with van der Waals surface area (Å²) in [6.45, 7) is 1.48. The summed E-state index contributed by atoms with van der Waals surface area (Å²) >= 11 is 0. The lowest BCUT2D eigenvalue weighted by atomic mass is 9.92. The Morgan fingerprint density at radius 2 is 1.79 bits per heavy atom. The minimum Gasteiger partial charge on any atom is -0.337 e. The topological polar surface area (TPSA) is 59.0 Å². The number of aromatic nitrogens is 3. The first-order chi connectivity index (χ1) is 11.8. The number of pyridine rings is 3. The van der Waals surface area contributed by atoms with Crippen molar-refractivity contribution in [2.75, 3.05) is 13.1 Å². The largest absolute Gasteiger partial charge is 0.337 e. The maximum absolute atomic E-state index is 12.5. The molecule has 0 aliphatic carbocycles. The highest BCUT2D eigenvalue weighted by Crippen LogP contribution is 2.28. The van der Waals surface area contributed by atoms with E-state index < -0.39 is 0 Å². The first-order valence-electron chi connectivity index (χ1n) is 8.23. The van der Waals surface area contributed by atoms with Gasteiger partial charge in [0.25, 0.3) is 5.91 Å². The van der Waals surface area contributed by atoms with Crippen LogP contribution in [0.15, 0.2) is 54.9 Å². The van der Waals surface area contributed by atoms with Crippen molar-refractivity contribution in [2.24, 2.45) is 0 Å². The van der Waals surface area contributed by atoms with Gasteiger partial charge in [0.1, 0.15) is 5.69 Å². The molecule has 1 saturated heterocycles. The second kappa shape index (κ2) is 6.35. The van der Waals surface area contributed by atoms with E-state index in [9.17, 15) is 4.79 Å². The fraction of sp³-hybridized carbons (Fsp3) is 0.263. The van der Waals surface area contributed by atoms with Crippen LogP contribution in [0.1, 0.15) is 34.9 Å². The van der Waals surface area contributed by atoms with Crippen LogP contribution in [0.4, 0.5) is 0 Å². The number of rotatable bonds is 2. The standard InChI is InChI=1S/C19H18N4O/c24-19(17-5-1-2-10-20-17)23-12-8-14(9-13-23)16-7-6-15-4-3-11-21-18(15)22-16/h1-7,10-11,14H,8-9,12-13H2. The number of hydrogen-bond acceptors (Lipinski definition) is 4. The van der Waals surface area contributed by atoms with Gasteiger partial charge in [0.2, 0.25) is 0 Å². The van der Waals surface area contributed by atoms with Gasteiger partial charge in [0.05, 0.1) is 0 Å². The van der Waals surface area contributed by atoms with E-state index in [4.69, 9.17) is 4.98 Å². The molecule has 120 valence electrons. The Balaban J connectivity index is 1.46. The van der Waals surface area contributed by atoms with Crippen molar-refractivity contribution < 1.29 is 4.79 Å². The molecule has 3 aromatic heterocycles. The molecule has 0 spiro atoms. The third-order valence-electron chi connectivity index (χ3n) is 4.57. The average Bonchev–Trinajstić information content (AvgIpc) is 2.68. The highest BCUT2D eigenvalue weighted by atomic mass is 16.2. The Morgan fingerprint density at radius 1 is 0.958 bits per heavy atom. The summed E-state index contributed by atoms with van der Waals surface area (Å²) in [5, 5.41) is 1.06. The Morgan fingerprint density at radius 3 is 2.58 bits per heavy atom. The molecule has 5 nitrogen and oxygen atoms in total. The van der Waals surface area contributed by atoms with Gasteiger partial charge in [-0.3, -0.25) is 9.78 Å². The summed E-state index contributed by atoms with van der Waals surface area (Å²) in [5.41, 5.74) is 2.39. The van der Waals surface area contributed by atoms with E-state index in [0.717, 1.165) is 42.7 Å². The summed E-state index contributed by atoms with van der Waals surface area (Å²) in [6, 6.07) is 13.5. The third-order valence-corrected chi connectivity index (χ3v) is 4.57. The molecule has 0 saturated carbocycles. The van der Waals surface area contributed by atoms with Crippen LogP contribution in [0.5, 0.6) is 0 Å². The monoisotopic (exact) mass is 318 g/mol. The number of hydrogen-bond donors (Lipinski definition) is 0. The second-order valence-corrected chi connectivity index (χ2v) is 6.07. The molecule has 1 fully saturated rings. The van der Waals surface area contributed by atoms with Crippen LogP contribution >= 0.6 is 0 Å². The smallest absolute Gasteiger partial charge is 0.272 e. The van der Waals surface area contributed by atoms with Crippen LogP contribution in [0.2, 0.25) is 0 Å². The lowest BCUT2D eigenvalue weighted by Crippen LogP contribution is -2.38. The summed E-state index contributed by atoms with van der Waals surface area (Å²) in [4.78, 5) is 27.5. The number of amides is 1. The molecule has 0 atom stereocenters. The van der Waals surface area contributed by atoms with Gasteiger partial charge < -0.3 is 4.90 Å². The first-order valence-corrected chi connectivity index (χ1v) is 8.23. The summed E-state index contributed by atoms with van der Waals surface area (Å²) in [7, 11) is 0. The van der Waals surface area contributed by atoms with Gasteiger partial charge in [-0.25, -0.2) is 9.97 Å². The summed E-state index contributed by atoms with van der Waals surface area (Å²) in [5.74, 6) is 0.395. The Kier molecular flexibility index (Phi) is 3.91. The molecule has 0 aromatic carbocycles. The molecule has 4 rings (SSSR count). The molecular weight excluding hydrogens is 300 g/mol. The molecule has 0 N–H and O–H groups in total. The van der Waals surface area contributed by atoms with Crippen LogP contribution in [0, 0.1) is 0 Å². The number of nitrogens with zero attached hydrogens (tertiary/aromatic N) is 4. The van der Waals surface area contributed by atoms with E-state index >= 15 is 0 Å². The lowest BCUT2D eigenvalue weighted by molar-refractivity contribution is 0.0706. The molecule has 24 heavy (non-hydrogen) atoms. The van der Waals surface area contributed by atoms with Crippen molar-refractivity contribution in [2.45, 2.75) is 18.8 Å². The summed E-state index contributed by atoms with van der Waals surface area (Å²) < 4.78 is 0. The zero-order chi connectivity index (χ0) is 16.4. The second-order valence-electron chi connectivity index (χ2n) is 6.07. The maximum atomic E-state index is 12.5. The molecule has 1 aliphatic rings. The van der Waals surface area contributed by atoms with Crippen LogP contribution in [0.25, 0.3) is 11.0 Å². The van der Waals surface area contributed by atoms with Crippen LogP contribution in [-0.2, 0) is 0 Å². The van der Waals surface area contributed by atoms with E-state index in [1.54, 1.807) is 18.5 Å². The maximum Gasteiger partial charge on any atom is 0.272 e. The number of likely N-dealkylation sites (tertiary alicyclic amines) is 1. The molecule has 1 aliphatic heterocycles. The van der Waals surface area contributed by atoms with Crippen LogP contribution in [0.3, 0.4) is 0 Å². The Hall–Kier alpha value is -2.82. The molecule has 0 bridgehead atoms. The number of carbonyl (C=O) groups excluding carboxylic acids is 1. The van der Waals surface area contributed by atoms with Gasteiger partial charge in [0, 0.05) is 42.5 Å². The molecule has 3 aromatic rings. The fourth-order valence-electron chi connectivity index (χ4n) is 3.22. The minimum atomic E-state index is 0.0159. The Bertz CT molecular complexity index is 857. The normalized spacial score (nSPS) is 15.6. The SMILES string of the molecule is O=C(c1ccccn1)N1CCC(c2ccc3cccnc3n2)CC1. The van der Waals surface area contributed by atoms with Crippen molar-refractivity contribution in [1.82, 2.24) is 19.9 Å². The van der Waals surface area contributed by atoms with Gasteiger partial charge in [-0.2, -0.15) is 0 Å². The highest BCUT2D eigenvalue weighted by molar-refractivity contribution is 5.92. The molecular formula is C19H18N4O.